The number of nitriles is 1. The Balaban J connectivity index is 1.18. The lowest BCUT2D eigenvalue weighted by molar-refractivity contribution is -0.138. The van der Waals surface area contributed by atoms with Crippen LogP contribution in [0.25, 0.3) is 0 Å². The second kappa shape index (κ2) is 12.7. The minimum Gasteiger partial charge on any atom is -0.494 e. The molecule has 36 heavy (non-hydrogen) atoms. The van der Waals surface area contributed by atoms with Crippen LogP contribution in [0.5, 0.6) is 5.75 Å². The average molecular weight is 513 g/mol. The molecule has 9 heteroatoms. The van der Waals surface area contributed by atoms with Crippen LogP contribution in [0.4, 0.5) is 0 Å². The van der Waals surface area contributed by atoms with E-state index >= 15 is 0 Å². The molecule has 0 N–H and O–H groups in total. The fourth-order valence-electron chi connectivity index (χ4n) is 4.92. The van der Waals surface area contributed by atoms with E-state index in [1.807, 2.05) is 42.5 Å². The summed E-state index contributed by atoms with van der Waals surface area (Å²) in [6, 6.07) is 19.3. The minimum atomic E-state index is -3.26. The lowest BCUT2D eigenvalue weighted by Crippen LogP contribution is -2.60. The van der Waals surface area contributed by atoms with Crippen molar-refractivity contribution >= 4 is 10.0 Å². The molecular formula is C27H36N4O4S. The Morgan fingerprint density at radius 1 is 0.972 bits per heavy atom. The fourth-order valence-corrected chi connectivity index (χ4v) is 5.76. The Morgan fingerprint density at radius 2 is 1.61 bits per heavy atom. The summed E-state index contributed by atoms with van der Waals surface area (Å²) in [4.78, 5) is 4.80. The summed E-state index contributed by atoms with van der Waals surface area (Å²) in [6.45, 7) is 6.72. The third-order valence-corrected chi connectivity index (χ3v) is 8.03. The summed E-state index contributed by atoms with van der Waals surface area (Å²) in [5.74, 6) is 0.787. The van der Waals surface area contributed by atoms with Gasteiger partial charge in [0, 0.05) is 52.4 Å². The van der Waals surface area contributed by atoms with Crippen LogP contribution in [-0.2, 0) is 21.2 Å². The SMILES string of the molecule is CS(=O)(=O)N(CCc1ccccc1)CCN1CC2CN(CCCOc3ccc(C#N)cc3)CC(C1)O2. The van der Waals surface area contributed by atoms with Crippen LogP contribution in [0.2, 0.25) is 0 Å². The van der Waals surface area contributed by atoms with Crippen molar-refractivity contribution in [2.45, 2.75) is 25.0 Å². The van der Waals surface area contributed by atoms with Gasteiger partial charge in [0.2, 0.25) is 10.0 Å². The van der Waals surface area contributed by atoms with Gasteiger partial charge in [-0.3, -0.25) is 9.80 Å². The molecule has 2 fully saturated rings. The zero-order chi connectivity index (χ0) is 25.4. The van der Waals surface area contributed by atoms with Gasteiger partial charge in [-0.25, -0.2) is 12.7 Å². The highest BCUT2D eigenvalue weighted by Gasteiger charge is 2.34. The van der Waals surface area contributed by atoms with Crippen molar-refractivity contribution in [3.8, 4) is 11.8 Å². The highest BCUT2D eigenvalue weighted by atomic mass is 32.2. The van der Waals surface area contributed by atoms with Gasteiger partial charge in [0.05, 0.1) is 36.7 Å². The highest BCUT2D eigenvalue weighted by molar-refractivity contribution is 7.88. The van der Waals surface area contributed by atoms with E-state index in [2.05, 4.69) is 15.9 Å². The van der Waals surface area contributed by atoms with Crippen LogP contribution in [0.1, 0.15) is 17.5 Å². The third-order valence-electron chi connectivity index (χ3n) is 6.73. The molecule has 0 radical (unpaired) electrons. The molecule has 2 bridgehead atoms. The van der Waals surface area contributed by atoms with Gasteiger partial charge < -0.3 is 9.47 Å². The number of ether oxygens (including phenoxy) is 2. The number of fused-ring (bicyclic) bond motifs is 2. The minimum absolute atomic E-state index is 0.146. The van der Waals surface area contributed by atoms with Crippen molar-refractivity contribution < 1.29 is 17.9 Å². The summed E-state index contributed by atoms with van der Waals surface area (Å²) in [5.41, 5.74) is 1.78. The molecule has 2 aromatic carbocycles. The maximum Gasteiger partial charge on any atom is 0.211 e. The first-order chi connectivity index (χ1) is 17.4. The monoisotopic (exact) mass is 512 g/mol. The maximum atomic E-state index is 12.4. The van der Waals surface area contributed by atoms with Crippen molar-refractivity contribution in [3.05, 3.63) is 65.7 Å². The molecule has 4 rings (SSSR count). The summed E-state index contributed by atoms with van der Waals surface area (Å²) < 4.78 is 38.3. The van der Waals surface area contributed by atoms with Gasteiger partial charge in [-0.15, -0.1) is 0 Å². The Labute approximate surface area is 215 Å². The molecule has 194 valence electrons. The molecule has 8 nitrogen and oxygen atoms in total. The Morgan fingerprint density at radius 3 is 2.22 bits per heavy atom. The van der Waals surface area contributed by atoms with E-state index in [9.17, 15) is 8.42 Å². The third kappa shape index (κ3) is 8.02. The number of benzene rings is 2. The molecular weight excluding hydrogens is 476 g/mol. The molecule has 0 saturated carbocycles. The van der Waals surface area contributed by atoms with Crippen LogP contribution in [0.3, 0.4) is 0 Å². The van der Waals surface area contributed by atoms with Gasteiger partial charge in [0.1, 0.15) is 5.75 Å². The zero-order valence-electron chi connectivity index (χ0n) is 21.0. The molecule has 0 amide bonds. The lowest BCUT2D eigenvalue weighted by Gasteiger charge is -2.46. The van der Waals surface area contributed by atoms with Gasteiger partial charge in [-0.2, -0.15) is 5.26 Å². The number of rotatable bonds is 12. The van der Waals surface area contributed by atoms with Crippen molar-refractivity contribution in [3.63, 3.8) is 0 Å². The first-order valence-electron chi connectivity index (χ1n) is 12.6. The van der Waals surface area contributed by atoms with E-state index < -0.39 is 10.0 Å². The van der Waals surface area contributed by atoms with E-state index in [0.29, 0.717) is 31.7 Å². The zero-order valence-corrected chi connectivity index (χ0v) is 21.8. The van der Waals surface area contributed by atoms with E-state index in [-0.39, 0.29) is 12.2 Å². The summed E-state index contributed by atoms with van der Waals surface area (Å²) in [5, 5.41) is 8.88. The van der Waals surface area contributed by atoms with Gasteiger partial charge in [-0.05, 0) is 42.7 Å². The second-order valence-electron chi connectivity index (χ2n) is 9.64. The molecule has 2 aliphatic rings. The Hall–Kier alpha value is -2.48. The van der Waals surface area contributed by atoms with Crippen molar-refractivity contribution in [2.75, 3.05) is 65.2 Å². The molecule has 2 heterocycles. The summed E-state index contributed by atoms with van der Waals surface area (Å²) in [6.07, 6.45) is 3.23. The lowest BCUT2D eigenvalue weighted by atomic mass is 10.1. The number of nitrogens with zero attached hydrogens (tertiary/aromatic N) is 4. The van der Waals surface area contributed by atoms with Gasteiger partial charge in [-0.1, -0.05) is 30.3 Å². The molecule has 2 aliphatic heterocycles. The quantitative estimate of drug-likeness (QED) is 0.403. The normalized spacial score (nSPS) is 20.8. The molecule has 0 spiro atoms. The molecule has 2 saturated heterocycles. The van der Waals surface area contributed by atoms with Crippen LogP contribution < -0.4 is 4.74 Å². The van der Waals surface area contributed by atoms with E-state index in [0.717, 1.165) is 57.0 Å². The average Bonchev–Trinajstić information content (AvgIpc) is 2.86. The van der Waals surface area contributed by atoms with Crippen LogP contribution in [0, 0.1) is 11.3 Å². The van der Waals surface area contributed by atoms with Gasteiger partial charge >= 0.3 is 0 Å². The standard InChI is InChI=1S/C27H36N4O4S/c1-36(32,33)31(14-12-23-6-3-2-4-7-23)16-15-30-21-26-19-29(20-27(22-30)35-26)13-5-17-34-25-10-8-24(18-28)9-11-25/h2-4,6-11,26-27H,5,12-17,19-22H2,1H3. The first kappa shape index (κ1) is 26.6. The number of morpholine rings is 2. The van der Waals surface area contributed by atoms with Crippen LogP contribution in [-0.4, -0.2) is 100.0 Å². The number of sulfonamides is 1. The van der Waals surface area contributed by atoms with E-state index in [1.54, 1.807) is 16.4 Å². The Bertz CT molecular complexity index is 1090. The molecule has 2 aromatic rings. The number of hydrogen-bond donors (Lipinski definition) is 0. The van der Waals surface area contributed by atoms with Crippen molar-refractivity contribution in [1.29, 1.82) is 5.26 Å². The van der Waals surface area contributed by atoms with Crippen molar-refractivity contribution in [1.82, 2.24) is 14.1 Å². The molecule has 0 aromatic heterocycles. The second-order valence-corrected chi connectivity index (χ2v) is 11.6. The number of hydrogen-bond acceptors (Lipinski definition) is 7. The van der Waals surface area contributed by atoms with Gasteiger partial charge in [0.25, 0.3) is 0 Å². The predicted molar refractivity (Wildman–Crippen MR) is 139 cm³/mol. The summed E-state index contributed by atoms with van der Waals surface area (Å²) in [7, 11) is -3.26. The van der Waals surface area contributed by atoms with E-state index in [4.69, 9.17) is 14.7 Å². The topological polar surface area (TPSA) is 86.1 Å². The predicted octanol–water partition coefficient (Wildman–Crippen LogP) is 2.22. The van der Waals surface area contributed by atoms with Crippen molar-refractivity contribution in [2.24, 2.45) is 0 Å². The smallest absolute Gasteiger partial charge is 0.211 e. The maximum absolute atomic E-state index is 12.4. The molecule has 2 atom stereocenters. The summed E-state index contributed by atoms with van der Waals surface area (Å²) >= 11 is 0. The van der Waals surface area contributed by atoms with Crippen LogP contribution >= 0.6 is 0 Å². The Kier molecular flexibility index (Phi) is 9.35. The van der Waals surface area contributed by atoms with Crippen LogP contribution in [0.15, 0.2) is 54.6 Å². The fraction of sp³-hybridized carbons (Fsp3) is 0.519. The highest BCUT2D eigenvalue weighted by Crippen LogP contribution is 2.20. The van der Waals surface area contributed by atoms with E-state index in [1.165, 1.54) is 6.26 Å². The molecule has 2 unspecified atom stereocenters. The first-order valence-corrected chi connectivity index (χ1v) is 14.5. The van der Waals surface area contributed by atoms with Gasteiger partial charge in [0.15, 0.2) is 0 Å². The largest absolute Gasteiger partial charge is 0.494 e. The molecule has 0 aliphatic carbocycles.